The van der Waals surface area contributed by atoms with Crippen molar-refractivity contribution < 1.29 is 14.1 Å². The largest absolute Gasteiger partial charge is 0.433 e. The van der Waals surface area contributed by atoms with Gasteiger partial charge in [-0.3, -0.25) is 14.9 Å². The lowest BCUT2D eigenvalue weighted by Gasteiger charge is -2.21. The second-order valence-electron chi connectivity index (χ2n) is 5.17. The SMILES string of the molecule is Cn1cccc1CN(C(=O)c1ccc([N+](=O)[O-])o1)C1CC1. The van der Waals surface area contributed by atoms with Crippen LogP contribution in [0.2, 0.25) is 0 Å². The molecule has 3 rings (SSSR count). The second kappa shape index (κ2) is 5.08. The van der Waals surface area contributed by atoms with E-state index >= 15 is 0 Å². The molecule has 2 aromatic rings. The monoisotopic (exact) mass is 289 g/mol. The van der Waals surface area contributed by atoms with Crippen molar-refractivity contribution in [2.24, 2.45) is 7.05 Å². The molecule has 1 saturated carbocycles. The maximum Gasteiger partial charge on any atom is 0.433 e. The molecule has 0 N–H and O–H groups in total. The molecule has 110 valence electrons. The highest BCUT2D eigenvalue weighted by molar-refractivity contribution is 5.92. The first-order chi connectivity index (χ1) is 10.1. The lowest BCUT2D eigenvalue weighted by molar-refractivity contribution is -0.402. The van der Waals surface area contributed by atoms with Gasteiger partial charge in [-0.1, -0.05) is 0 Å². The van der Waals surface area contributed by atoms with Crippen molar-refractivity contribution in [2.45, 2.75) is 25.4 Å². The first kappa shape index (κ1) is 13.4. The molecule has 1 aliphatic carbocycles. The Kier molecular flexibility index (Phi) is 3.25. The second-order valence-corrected chi connectivity index (χ2v) is 5.17. The van der Waals surface area contributed by atoms with Crippen molar-refractivity contribution in [3.8, 4) is 0 Å². The van der Waals surface area contributed by atoms with Crippen LogP contribution in [0.3, 0.4) is 0 Å². The summed E-state index contributed by atoms with van der Waals surface area (Å²) in [7, 11) is 1.92. The maximum absolute atomic E-state index is 12.5. The molecule has 1 aliphatic rings. The van der Waals surface area contributed by atoms with Gasteiger partial charge in [-0.2, -0.15) is 0 Å². The van der Waals surface area contributed by atoms with Gasteiger partial charge >= 0.3 is 5.88 Å². The molecule has 1 amide bonds. The zero-order valence-electron chi connectivity index (χ0n) is 11.6. The van der Waals surface area contributed by atoms with E-state index in [-0.39, 0.29) is 17.7 Å². The standard InChI is InChI=1S/C14H15N3O4/c1-15-8-2-3-11(15)9-16(10-4-5-10)14(18)12-6-7-13(21-12)17(19)20/h2-3,6-8,10H,4-5,9H2,1H3. The predicted molar refractivity (Wildman–Crippen MR) is 73.7 cm³/mol. The van der Waals surface area contributed by atoms with Gasteiger partial charge in [-0.15, -0.1) is 0 Å². The Labute approximate surface area is 120 Å². The van der Waals surface area contributed by atoms with Crippen LogP contribution in [0.15, 0.2) is 34.9 Å². The molecule has 21 heavy (non-hydrogen) atoms. The third kappa shape index (κ3) is 2.67. The number of aryl methyl sites for hydroxylation is 1. The average molecular weight is 289 g/mol. The molecule has 2 aromatic heterocycles. The fraction of sp³-hybridized carbons (Fsp3) is 0.357. The van der Waals surface area contributed by atoms with Crippen LogP contribution in [0.1, 0.15) is 29.1 Å². The van der Waals surface area contributed by atoms with Gasteiger partial charge in [0.2, 0.25) is 0 Å². The summed E-state index contributed by atoms with van der Waals surface area (Å²) >= 11 is 0. The van der Waals surface area contributed by atoms with Crippen LogP contribution < -0.4 is 0 Å². The van der Waals surface area contributed by atoms with Crippen molar-refractivity contribution in [2.75, 3.05) is 0 Å². The molecule has 0 saturated heterocycles. The van der Waals surface area contributed by atoms with Gasteiger partial charge in [0, 0.05) is 25.0 Å². The summed E-state index contributed by atoms with van der Waals surface area (Å²) in [6, 6.07) is 6.63. The fourth-order valence-corrected chi connectivity index (χ4v) is 2.27. The van der Waals surface area contributed by atoms with E-state index in [1.165, 1.54) is 12.1 Å². The van der Waals surface area contributed by atoms with Crippen molar-refractivity contribution in [3.63, 3.8) is 0 Å². The summed E-state index contributed by atoms with van der Waals surface area (Å²) < 4.78 is 6.97. The number of carbonyl (C=O) groups is 1. The zero-order chi connectivity index (χ0) is 15.0. The molecule has 0 radical (unpaired) electrons. The van der Waals surface area contributed by atoms with Gasteiger partial charge in [0.15, 0.2) is 5.76 Å². The van der Waals surface area contributed by atoms with Gasteiger partial charge in [0.05, 0.1) is 12.6 Å². The molecule has 0 unspecified atom stereocenters. The molecular formula is C14H15N3O4. The molecular weight excluding hydrogens is 274 g/mol. The number of hydrogen-bond donors (Lipinski definition) is 0. The number of amides is 1. The van der Waals surface area contributed by atoms with Gasteiger partial charge in [-0.25, -0.2) is 0 Å². The normalized spacial score (nSPS) is 14.1. The van der Waals surface area contributed by atoms with Crippen LogP contribution in [0.5, 0.6) is 0 Å². The quantitative estimate of drug-likeness (QED) is 0.625. The average Bonchev–Trinajstić information content (AvgIpc) is 3.01. The topological polar surface area (TPSA) is 81.5 Å². The number of nitrogens with zero attached hydrogens (tertiary/aromatic N) is 3. The maximum atomic E-state index is 12.5. The van der Waals surface area contributed by atoms with Gasteiger partial charge < -0.3 is 13.9 Å². The van der Waals surface area contributed by atoms with Crippen molar-refractivity contribution in [3.05, 3.63) is 52.0 Å². The Morgan fingerprint density at radius 3 is 2.76 bits per heavy atom. The summed E-state index contributed by atoms with van der Waals surface area (Å²) in [5, 5.41) is 10.6. The highest BCUT2D eigenvalue weighted by atomic mass is 16.6. The van der Waals surface area contributed by atoms with E-state index in [1.807, 2.05) is 29.9 Å². The Morgan fingerprint density at radius 2 is 2.24 bits per heavy atom. The van der Waals surface area contributed by atoms with Gasteiger partial charge in [-0.05, 0) is 31.0 Å². The van der Waals surface area contributed by atoms with Crippen LogP contribution in [-0.4, -0.2) is 26.3 Å². The predicted octanol–water partition coefficient (Wildman–Crippen LogP) is 2.33. The lowest BCUT2D eigenvalue weighted by Crippen LogP contribution is -2.33. The lowest BCUT2D eigenvalue weighted by atomic mass is 10.3. The third-order valence-electron chi connectivity index (χ3n) is 3.61. The van der Waals surface area contributed by atoms with Crippen molar-refractivity contribution >= 4 is 11.8 Å². The zero-order valence-corrected chi connectivity index (χ0v) is 11.6. The molecule has 0 aromatic carbocycles. The Hall–Kier alpha value is -2.57. The molecule has 0 bridgehead atoms. The number of rotatable bonds is 5. The fourth-order valence-electron chi connectivity index (χ4n) is 2.27. The number of hydrogen-bond acceptors (Lipinski definition) is 4. The smallest absolute Gasteiger partial charge is 0.395 e. The Bertz CT molecular complexity index is 684. The number of furan rings is 1. The van der Waals surface area contributed by atoms with E-state index in [0.717, 1.165) is 18.5 Å². The third-order valence-corrected chi connectivity index (χ3v) is 3.61. The highest BCUT2D eigenvalue weighted by Gasteiger charge is 2.35. The molecule has 2 heterocycles. The van der Waals surface area contributed by atoms with E-state index in [0.29, 0.717) is 6.54 Å². The number of carbonyl (C=O) groups excluding carboxylic acids is 1. The van der Waals surface area contributed by atoms with Gasteiger partial charge in [0.1, 0.15) is 4.92 Å². The van der Waals surface area contributed by atoms with E-state index in [1.54, 1.807) is 4.90 Å². The molecule has 7 heteroatoms. The van der Waals surface area contributed by atoms with Crippen molar-refractivity contribution in [1.82, 2.24) is 9.47 Å². The summed E-state index contributed by atoms with van der Waals surface area (Å²) in [4.78, 5) is 24.2. The first-order valence-electron chi connectivity index (χ1n) is 6.71. The Balaban J connectivity index is 1.81. The molecule has 0 spiro atoms. The van der Waals surface area contributed by atoms with Crippen LogP contribution in [-0.2, 0) is 13.6 Å². The van der Waals surface area contributed by atoms with Crippen LogP contribution in [0.4, 0.5) is 5.88 Å². The molecule has 0 aliphatic heterocycles. The molecule has 7 nitrogen and oxygen atoms in total. The minimum Gasteiger partial charge on any atom is -0.395 e. The van der Waals surface area contributed by atoms with Crippen LogP contribution in [0.25, 0.3) is 0 Å². The number of aromatic nitrogens is 1. The number of nitro groups is 1. The first-order valence-corrected chi connectivity index (χ1v) is 6.71. The minimum atomic E-state index is -0.643. The van der Waals surface area contributed by atoms with Crippen LogP contribution >= 0.6 is 0 Å². The highest BCUT2D eigenvalue weighted by Crippen LogP contribution is 2.30. The summed E-state index contributed by atoms with van der Waals surface area (Å²) in [5.41, 5.74) is 1.01. The van der Waals surface area contributed by atoms with E-state index in [9.17, 15) is 14.9 Å². The molecule has 0 atom stereocenters. The Morgan fingerprint density at radius 1 is 1.48 bits per heavy atom. The summed E-state index contributed by atoms with van der Waals surface area (Å²) in [5.74, 6) is -0.692. The molecule has 1 fully saturated rings. The summed E-state index contributed by atoms with van der Waals surface area (Å²) in [6.07, 6.45) is 3.83. The van der Waals surface area contributed by atoms with E-state index < -0.39 is 10.8 Å². The van der Waals surface area contributed by atoms with Crippen molar-refractivity contribution in [1.29, 1.82) is 0 Å². The van der Waals surface area contributed by atoms with E-state index in [2.05, 4.69) is 0 Å². The van der Waals surface area contributed by atoms with E-state index in [4.69, 9.17) is 4.42 Å². The van der Waals surface area contributed by atoms with Gasteiger partial charge in [0.25, 0.3) is 5.91 Å². The minimum absolute atomic E-state index is 0.0165. The van der Waals surface area contributed by atoms with Crippen LogP contribution in [0, 0.1) is 10.1 Å². The summed E-state index contributed by atoms with van der Waals surface area (Å²) in [6.45, 7) is 0.474.